The van der Waals surface area contributed by atoms with E-state index in [-0.39, 0.29) is 0 Å². The van der Waals surface area contributed by atoms with Crippen molar-refractivity contribution in [3.05, 3.63) is 29.8 Å². The molecule has 1 fully saturated rings. The van der Waals surface area contributed by atoms with Gasteiger partial charge >= 0.3 is 0 Å². The lowest BCUT2D eigenvalue weighted by Gasteiger charge is -2.29. The van der Waals surface area contributed by atoms with Gasteiger partial charge in [-0.25, -0.2) is 0 Å². The largest absolute Gasteiger partial charge is 0.497 e. The number of rotatable bonds is 5. The van der Waals surface area contributed by atoms with Crippen molar-refractivity contribution in [1.29, 1.82) is 0 Å². The molecule has 0 heterocycles. The third-order valence-corrected chi connectivity index (χ3v) is 4.54. The van der Waals surface area contributed by atoms with E-state index in [0.29, 0.717) is 5.92 Å². The zero-order valence-electron chi connectivity index (χ0n) is 11.2. The van der Waals surface area contributed by atoms with Gasteiger partial charge in [-0.1, -0.05) is 44.2 Å². The molecule has 18 heavy (non-hydrogen) atoms. The summed E-state index contributed by atoms with van der Waals surface area (Å²) in [6.07, 6.45) is 7.99. The van der Waals surface area contributed by atoms with E-state index < -0.39 is 0 Å². The van der Waals surface area contributed by atoms with Crippen LogP contribution in [0.4, 0.5) is 0 Å². The number of methoxy groups -OCH3 is 1. The maximum atomic E-state index is 6.19. The van der Waals surface area contributed by atoms with Gasteiger partial charge in [-0.3, -0.25) is 0 Å². The predicted molar refractivity (Wildman–Crippen MR) is 77.5 cm³/mol. The maximum absolute atomic E-state index is 6.19. The second-order valence-corrected chi connectivity index (χ2v) is 5.68. The fourth-order valence-corrected chi connectivity index (χ4v) is 3.42. The fourth-order valence-electron chi connectivity index (χ4n) is 3.05. The van der Waals surface area contributed by atoms with Gasteiger partial charge in [-0.05, 0) is 36.0 Å². The molecule has 0 N–H and O–H groups in total. The Balaban J connectivity index is 1.99. The minimum absolute atomic E-state index is 0.624. The first-order valence-corrected chi connectivity index (χ1v) is 7.56. The van der Waals surface area contributed by atoms with Crippen LogP contribution < -0.4 is 4.74 Å². The zero-order valence-corrected chi connectivity index (χ0v) is 12.0. The summed E-state index contributed by atoms with van der Waals surface area (Å²) in [5.41, 5.74) is 1.35. The van der Waals surface area contributed by atoms with Crippen LogP contribution in [0.5, 0.6) is 5.75 Å². The Bertz CT molecular complexity index is 358. The number of hydrogen-bond donors (Lipinski definition) is 0. The van der Waals surface area contributed by atoms with Gasteiger partial charge in [-0.15, -0.1) is 11.6 Å². The van der Waals surface area contributed by atoms with Gasteiger partial charge in [0.15, 0.2) is 0 Å². The molecule has 0 amide bonds. The molecule has 0 saturated heterocycles. The molecule has 0 bridgehead atoms. The third-order valence-electron chi connectivity index (χ3n) is 4.15. The van der Waals surface area contributed by atoms with Gasteiger partial charge in [0.2, 0.25) is 0 Å². The van der Waals surface area contributed by atoms with Crippen LogP contribution in [0.1, 0.15) is 37.7 Å². The van der Waals surface area contributed by atoms with E-state index in [9.17, 15) is 0 Å². The minimum Gasteiger partial charge on any atom is -0.497 e. The standard InChI is InChI=1S/C16H23ClO/c1-18-16-9-5-6-13(11-16)10-15(12-17)14-7-3-2-4-8-14/h5-6,9,11,14-15H,2-4,7-8,10,12H2,1H3. The number of halogens is 1. The molecule has 1 aromatic rings. The number of alkyl halides is 1. The average molecular weight is 267 g/mol. The van der Waals surface area contributed by atoms with E-state index in [0.717, 1.165) is 24.0 Å². The van der Waals surface area contributed by atoms with Crippen LogP contribution in [-0.4, -0.2) is 13.0 Å². The van der Waals surface area contributed by atoms with Crippen molar-refractivity contribution in [1.82, 2.24) is 0 Å². The smallest absolute Gasteiger partial charge is 0.119 e. The number of ether oxygens (including phenoxy) is 1. The molecular formula is C16H23ClO. The van der Waals surface area contributed by atoms with E-state index in [1.807, 2.05) is 6.07 Å². The van der Waals surface area contributed by atoms with E-state index in [1.165, 1.54) is 37.7 Å². The van der Waals surface area contributed by atoms with Gasteiger partial charge in [0, 0.05) is 5.88 Å². The van der Waals surface area contributed by atoms with Crippen molar-refractivity contribution in [2.45, 2.75) is 38.5 Å². The van der Waals surface area contributed by atoms with Gasteiger partial charge in [0.1, 0.15) is 5.75 Å². The van der Waals surface area contributed by atoms with Crippen LogP contribution in [-0.2, 0) is 6.42 Å². The van der Waals surface area contributed by atoms with Crippen LogP contribution in [0.2, 0.25) is 0 Å². The third kappa shape index (κ3) is 3.65. The van der Waals surface area contributed by atoms with Crippen molar-refractivity contribution in [2.24, 2.45) is 11.8 Å². The minimum atomic E-state index is 0.624. The van der Waals surface area contributed by atoms with Crippen LogP contribution in [0.15, 0.2) is 24.3 Å². The molecule has 2 rings (SSSR count). The summed E-state index contributed by atoms with van der Waals surface area (Å²) in [5.74, 6) is 3.17. The van der Waals surface area contributed by atoms with Crippen LogP contribution in [0.25, 0.3) is 0 Å². The van der Waals surface area contributed by atoms with Crippen LogP contribution >= 0.6 is 11.6 Å². The zero-order chi connectivity index (χ0) is 12.8. The lowest BCUT2D eigenvalue weighted by atomic mass is 9.78. The Morgan fingerprint density at radius 3 is 2.72 bits per heavy atom. The molecule has 0 spiro atoms. The first-order chi connectivity index (χ1) is 8.83. The highest BCUT2D eigenvalue weighted by atomic mass is 35.5. The van der Waals surface area contributed by atoms with Gasteiger partial charge in [-0.2, -0.15) is 0 Å². The summed E-state index contributed by atoms with van der Waals surface area (Å²) in [6.45, 7) is 0. The number of hydrogen-bond acceptors (Lipinski definition) is 1. The molecule has 0 aromatic heterocycles. The van der Waals surface area contributed by atoms with Crippen molar-refractivity contribution < 1.29 is 4.74 Å². The molecule has 2 heteroatoms. The molecule has 100 valence electrons. The van der Waals surface area contributed by atoms with E-state index in [4.69, 9.17) is 16.3 Å². The summed E-state index contributed by atoms with van der Waals surface area (Å²) in [5, 5.41) is 0. The van der Waals surface area contributed by atoms with Crippen molar-refractivity contribution in [3.63, 3.8) is 0 Å². The predicted octanol–water partition coefficient (Wildman–Crippen LogP) is 4.67. The average Bonchev–Trinajstić information content (AvgIpc) is 2.46. The van der Waals surface area contributed by atoms with Crippen molar-refractivity contribution in [3.8, 4) is 5.75 Å². The van der Waals surface area contributed by atoms with Gasteiger partial charge in [0.05, 0.1) is 7.11 Å². The summed E-state index contributed by atoms with van der Waals surface area (Å²) >= 11 is 6.19. The molecule has 0 radical (unpaired) electrons. The Hall–Kier alpha value is -0.690. The highest BCUT2D eigenvalue weighted by Crippen LogP contribution is 2.33. The van der Waals surface area contributed by atoms with Crippen molar-refractivity contribution in [2.75, 3.05) is 13.0 Å². The highest BCUT2D eigenvalue weighted by molar-refractivity contribution is 6.18. The van der Waals surface area contributed by atoms with E-state index >= 15 is 0 Å². The lowest BCUT2D eigenvalue weighted by molar-refractivity contribution is 0.265. The van der Waals surface area contributed by atoms with E-state index in [2.05, 4.69) is 18.2 Å². The lowest BCUT2D eigenvalue weighted by Crippen LogP contribution is -2.21. The molecule has 1 saturated carbocycles. The second-order valence-electron chi connectivity index (χ2n) is 5.37. The highest BCUT2D eigenvalue weighted by Gasteiger charge is 2.23. The first kappa shape index (κ1) is 13.7. The topological polar surface area (TPSA) is 9.23 Å². The summed E-state index contributed by atoms with van der Waals surface area (Å²) in [7, 11) is 1.72. The SMILES string of the molecule is COc1cccc(CC(CCl)C2CCCCC2)c1. The quantitative estimate of drug-likeness (QED) is 0.704. The molecule has 1 aliphatic rings. The second kappa shape index (κ2) is 7.04. The molecular weight excluding hydrogens is 244 g/mol. The summed E-state index contributed by atoms with van der Waals surface area (Å²) < 4.78 is 5.28. The molecule has 1 nitrogen and oxygen atoms in total. The first-order valence-electron chi connectivity index (χ1n) is 7.02. The summed E-state index contributed by atoms with van der Waals surface area (Å²) in [4.78, 5) is 0. The maximum Gasteiger partial charge on any atom is 0.119 e. The molecule has 1 aliphatic carbocycles. The Morgan fingerprint density at radius 2 is 2.06 bits per heavy atom. The van der Waals surface area contributed by atoms with Gasteiger partial charge in [0.25, 0.3) is 0 Å². The fraction of sp³-hybridized carbons (Fsp3) is 0.625. The molecule has 1 aromatic carbocycles. The molecule has 0 aliphatic heterocycles. The Labute approximate surface area is 115 Å². The monoisotopic (exact) mass is 266 g/mol. The van der Waals surface area contributed by atoms with Gasteiger partial charge < -0.3 is 4.74 Å². The summed E-state index contributed by atoms with van der Waals surface area (Å²) in [6, 6.07) is 8.40. The Morgan fingerprint density at radius 1 is 1.28 bits per heavy atom. The van der Waals surface area contributed by atoms with Crippen LogP contribution in [0.3, 0.4) is 0 Å². The molecule has 1 atom stereocenters. The van der Waals surface area contributed by atoms with Crippen molar-refractivity contribution >= 4 is 11.6 Å². The number of benzene rings is 1. The van der Waals surface area contributed by atoms with Crippen LogP contribution in [0, 0.1) is 11.8 Å². The molecule has 1 unspecified atom stereocenters. The normalized spacial score (nSPS) is 18.6. The van der Waals surface area contributed by atoms with E-state index in [1.54, 1.807) is 7.11 Å². The Kier molecular flexibility index (Phi) is 5.37.